The van der Waals surface area contributed by atoms with Crippen LogP contribution >= 0.6 is 11.8 Å². The Kier molecular flexibility index (Phi) is 4.03. The van der Waals surface area contributed by atoms with E-state index in [4.69, 9.17) is 0 Å². The minimum Gasteiger partial charge on any atom is -0.344 e. The number of fused-ring (bicyclic) bond motifs is 1. The highest BCUT2D eigenvalue weighted by Crippen LogP contribution is 2.34. The molecule has 2 atom stereocenters. The topological polar surface area (TPSA) is 32.3 Å². The number of likely N-dealkylation sites (tertiary alicyclic amines) is 1. The van der Waals surface area contributed by atoms with Crippen molar-refractivity contribution in [2.45, 2.75) is 30.7 Å². The number of hydrogen-bond acceptors (Lipinski definition) is 3. The number of amides is 1. The van der Waals surface area contributed by atoms with E-state index in [0.29, 0.717) is 0 Å². The lowest BCUT2D eigenvalue weighted by Gasteiger charge is -2.33. The minimum absolute atomic E-state index is 0.0888. The zero-order valence-corrected chi connectivity index (χ0v) is 13.0. The molecule has 2 aliphatic rings. The largest absolute Gasteiger partial charge is 0.344 e. The molecule has 1 aromatic rings. The Morgan fingerprint density at radius 3 is 3.05 bits per heavy atom. The molecule has 2 aliphatic heterocycles. The van der Waals surface area contributed by atoms with Gasteiger partial charge < -0.3 is 10.2 Å². The molecule has 1 fully saturated rings. The molecule has 1 aromatic carbocycles. The van der Waals surface area contributed by atoms with Crippen LogP contribution in [0.1, 0.15) is 41.7 Å². The second kappa shape index (κ2) is 5.78. The molecule has 1 amide bonds. The molecule has 3 nitrogen and oxygen atoms in total. The summed E-state index contributed by atoms with van der Waals surface area (Å²) in [6.07, 6.45) is 4.69. The second-order valence-corrected chi connectivity index (χ2v) is 6.80. The van der Waals surface area contributed by atoms with Crippen LogP contribution in [0.25, 0.3) is 0 Å². The van der Waals surface area contributed by atoms with Crippen molar-refractivity contribution in [1.82, 2.24) is 10.2 Å². The van der Waals surface area contributed by atoms with Crippen LogP contribution in [-0.2, 0) is 0 Å². The number of thioether (sulfide) groups is 1. The summed E-state index contributed by atoms with van der Waals surface area (Å²) in [5.41, 5.74) is 2.08. The highest BCUT2D eigenvalue weighted by molar-refractivity contribution is 7.98. The Labute approximate surface area is 125 Å². The molecule has 20 heavy (non-hydrogen) atoms. The Balaban J connectivity index is 1.81. The number of hydrogen-bond donors (Lipinski definition) is 1. The van der Waals surface area contributed by atoms with Gasteiger partial charge in [-0.3, -0.25) is 4.79 Å². The summed E-state index contributed by atoms with van der Waals surface area (Å²) >= 11 is 1.73. The van der Waals surface area contributed by atoms with Crippen molar-refractivity contribution >= 4 is 17.7 Å². The molecule has 3 rings (SSSR count). The fraction of sp³-hybridized carbons (Fsp3) is 0.562. The first-order valence-electron chi connectivity index (χ1n) is 7.39. The SMILES string of the molecule is CSc1cccc2c1C(CN1CCC[C@H](C)C1)NC2=O. The van der Waals surface area contributed by atoms with Gasteiger partial charge in [0.1, 0.15) is 0 Å². The Bertz CT molecular complexity index is 517. The van der Waals surface area contributed by atoms with Crippen LogP contribution in [0.4, 0.5) is 0 Å². The first-order valence-corrected chi connectivity index (χ1v) is 8.61. The van der Waals surface area contributed by atoms with Crippen LogP contribution in [-0.4, -0.2) is 36.7 Å². The van der Waals surface area contributed by atoms with Crippen LogP contribution in [0.5, 0.6) is 0 Å². The molecule has 0 bridgehead atoms. The lowest BCUT2D eigenvalue weighted by atomic mass is 9.98. The molecular formula is C16H22N2OS. The van der Waals surface area contributed by atoms with Crippen LogP contribution in [0.2, 0.25) is 0 Å². The van der Waals surface area contributed by atoms with E-state index in [2.05, 4.69) is 29.5 Å². The zero-order valence-electron chi connectivity index (χ0n) is 12.2. The van der Waals surface area contributed by atoms with Crippen molar-refractivity contribution in [3.63, 3.8) is 0 Å². The molecular weight excluding hydrogens is 268 g/mol. The van der Waals surface area contributed by atoms with E-state index in [9.17, 15) is 4.79 Å². The summed E-state index contributed by atoms with van der Waals surface area (Å²) in [6.45, 7) is 5.58. The molecule has 4 heteroatoms. The van der Waals surface area contributed by atoms with Gasteiger partial charge in [-0.25, -0.2) is 0 Å². The van der Waals surface area contributed by atoms with Crippen molar-refractivity contribution < 1.29 is 4.79 Å². The molecule has 108 valence electrons. The third-order valence-electron chi connectivity index (χ3n) is 4.37. The number of carbonyl (C=O) groups is 1. The number of carbonyl (C=O) groups excluding carboxylic acids is 1. The number of piperidine rings is 1. The van der Waals surface area contributed by atoms with Gasteiger partial charge in [0.25, 0.3) is 5.91 Å². The maximum atomic E-state index is 12.1. The molecule has 0 saturated carbocycles. The van der Waals surface area contributed by atoms with Gasteiger partial charge in [-0.2, -0.15) is 0 Å². The predicted molar refractivity (Wildman–Crippen MR) is 83.3 cm³/mol. The Morgan fingerprint density at radius 1 is 1.45 bits per heavy atom. The fourth-order valence-corrected chi connectivity index (χ4v) is 4.12. The van der Waals surface area contributed by atoms with E-state index >= 15 is 0 Å². The van der Waals surface area contributed by atoms with E-state index in [0.717, 1.165) is 31.1 Å². The summed E-state index contributed by atoms with van der Waals surface area (Å²) in [5.74, 6) is 0.863. The third kappa shape index (κ3) is 2.59. The maximum absolute atomic E-state index is 12.1. The average Bonchev–Trinajstić information content (AvgIpc) is 2.76. The van der Waals surface area contributed by atoms with Gasteiger partial charge in [-0.15, -0.1) is 11.8 Å². The normalized spacial score (nSPS) is 26.4. The van der Waals surface area contributed by atoms with Crippen LogP contribution in [0.15, 0.2) is 23.1 Å². The van der Waals surface area contributed by atoms with Crippen LogP contribution in [0, 0.1) is 5.92 Å². The quantitative estimate of drug-likeness (QED) is 0.869. The maximum Gasteiger partial charge on any atom is 0.252 e. The third-order valence-corrected chi connectivity index (χ3v) is 5.16. The highest BCUT2D eigenvalue weighted by Gasteiger charge is 2.32. The van der Waals surface area contributed by atoms with E-state index in [1.807, 2.05) is 12.1 Å². The summed E-state index contributed by atoms with van der Waals surface area (Å²) in [6, 6.07) is 6.21. The summed E-state index contributed by atoms with van der Waals surface area (Å²) in [4.78, 5) is 15.8. The minimum atomic E-state index is 0.0888. The van der Waals surface area contributed by atoms with Crippen LogP contribution in [0.3, 0.4) is 0 Å². The van der Waals surface area contributed by atoms with Crippen molar-refractivity contribution in [2.75, 3.05) is 25.9 Å². The lowest BCUT2D eigenvalue weighted by Crippen LogP contribution is -2.39. The van der Waals surface area contributed by atoms with Gasteiger partial charge >= 0.3 is 0 Å². The van der Waals surface area contributed by atoms with E-state index in [-0.39, 0.29) is 11.9 Å². The van der Waals surface area contributed by atoms with Gasteiger partial charge in [0.05, 0.1) is 6.04 Å². The van der Waals surface area contributed by atoms with E-state index in [1.165, 1.54) is 23.3 Å². The van der Waals surface area contributed by atoms with Gasteiger partial charge in [0.15, 0.2) is 0 Å². The standard InChI is InChI=1S/C16H22N2OS/c1-11-5-4-8-18(9-11)10-13-15-12(16(19)17-13)6-3-7-14(15)20-2/h3,6-7,11,13H,4-5,8-10H2,1-2H3,(H,17,19)/t11-,13?/m0/s1. The van der Waals surface area contributed by atoms with E-state index < -0.39 is 0 Å². The van der Waals surface area contributed by atoms with Gasteiger partial charge in [0, 0.05) is 29.1 Å². The Morgan fingerprint density at radius 2 is 2.30 bits per heavy atom. The molecule has 1 unspecified atom stereocenters. The van der Waals surface area contributed by atoms with Crippen molar-refractivity contribution in [3.8, 4) is 0 Å². The first kappa shape index (κ1) is 14.0. The number of nitrogens with one attached hydrogen (secondary N) is 1. The average molecular weight is 290 g/mol. The summed E-state index contributed by atoms with van der Waals surface area (Å²) in [5, 5.41) is 3.16. The van der Waals surface area contributed by atoms with Gasteiger partial charge in [-0.05, 0) is 43.7 Å². The zero-order chi connectivity index (χ0) is 14.1. The molecule has 0 radical (unpaired) electrons. The summed E-state index contributed by atoms with van der Waals surface area (Å²) < 4.78 is 0. The molecule has 2 heterocycles. The number of rotatable bonds is 3. The van der Waals surface area contributed by atoms with Crippen LogP contribution < -0.4 is 5.32 Å². The predicted octanol–water partition coefficient (Wildman–Crippen LogP) is 2.92. The van der Waals surface area contributed by atoms with E-state index in [1.54, 1.807) is 11.8 Å². The highest BCUT2D eigenvalue weighted by atomic mass is 32.2. The second-order valence-electron chi connectivity index (χ2n) is 5.95. The first-order chi connectivity index (χ1) is 9.69. The Hall–Kier alpha value is -1.00. The molecule has 1 N–H and O–H groups in total. The van der Waals surface area contributed by atoms with Crippen molar-refractivity contribution in [3.05, 3.63) is 29.3 Å². The molecule has 0 aliphatic carbocycles. The summed E-state index contributed by atoms with van der Waals surface area (Å²) in [7, 11) is 0. The molecule has 1 saturated heterocycles. The van der Waals surface area contributed by atoms with Crippen molar-refractivity contribution in [1.29, 1.82) is 0 Å². The molecule has 0 aromatic heterocycles. The van der Waals surface area contributed by atoms with Gasteiger partial charge in [0.2, 0.25) is 0 Å². The smallest absolute Gasteiger partial charge is 0.252 e. The number of nitrogens with zero attached hydrogens (tertiary/aromatic N) is 1. The lowest BCUT2D eigenvalue weighted by molar-refractivity contribution is 0.0940. The number of benzene rings is 1. The fourth-order valence-electron chi connectivity index (χ4n) is 3.44. The van der Waals surface area contributed by atoms with Gasteiger partial charge in [-0.1, -0.05) is 13.0 Å². The monoisotopic (exact) mass is 290 g/mol. The van der Waals surface area contributed by atoms with Crippen molar-refractivity contribution in [2.24, 2.45) is 5.92 Å². The molecule has 0 spiro atoms.